The number of aryl methyl sites for hydroxylation is 3. The number of benzene rings is 1. The Morgan fingerprint density at radius 2 is 1.67 bits per heavy atom. The molecule has 3 heteroatoms. The molecule has 0 bridgehead atoms. The SMILES string of the molecule is Cc1cc(C)c(C(O)C2SCCSC2C)cc1C. The Morgan fingerprint density at radius 3 is 2.33 bits per heavy atom. The molecule has 1 saturated heterocycles. The maximum absolute atomic E-state index is 10.7. The maximum atomic E-state index is 10.7. The molecule has 1 heterocycles. The monoisotopic (exact) mass is 282 g/mol. The number of hydrogen-bond acceptors (Lipinski definition) is 3. The smallest absolute Gasteiger partial charge is 0.0921 e. The van der Waals surface area contributed by atoms with E-state index in [9.17, 15) is 5.11 Å². The van der Waals surface area contributed by atoms with Crippen molar-refractivity contribution in [1.82, 2.24) is 0 Å². The summed E-state index contributed by atoms with van der Waals surface area (Å²) in [6.45, 7) is 8.60. The van der Waals surface area contributed by atoms with E-state index in [1.807, 2.05) is 23.5 Å². The van der Waals surface area contributed by atoms with Crippen molar-refractivity contribution >= 4 is 23.5 Å². The van der Waals surface area contributed by atoms with Crippen LogP contribution >= 0.6 is 23.5 Å². The number of hydrogen-bond donors (Lipinski definition) is 1. The maximum Gasteiger partial charge on any atom is 0.0921 e. The Bertz CT molecular complexity index is 431. The molecule has 18 heavy (non-hydrogen) atoms. The van der Waals surface area contributed by atoms with Gasteiger partial charge in [0.15, 0.2) is 0 Å². The van der Waals surface area contributed by atoms with Crippen LogP contribution in [0, 0.1) is 20.8 Å². The molecule has 1 fully saturated rings. The highest BCUT2D eigenvalue weighted by Gasteiger charge is 2.30. The van der Waals surface area contributed by atoms with Gasteiger partial charge in [0.25, 0.3) is 0 Å². The number of aliphatic hydroxyl groups excluding tert-OH is 1. The fourth-order valence-corrected chi connectivity index (χ4v) is 5.30. The van der Waals surface area contributed by atoms with Gasteiger partial charge in [0.2, 0.25) is 0 Å². The van der Waals surface area contributed by atoms with Crippen LogP contribution in [0.15, 0.2) is 12.1 Å². The van der Waals surface area contributed by atoms with Gasteiger partial charge in [-0.2, -0.15) is 23.5 Å². The topological polar surface area (TPSA) is 20.2 Å². The summed E-state index contributed by atoms with van der Waals surface area (Å²) in [5, 5.41) is 11.5. The summed E-state index contributed by atoms with van der Waals surface area (Å²) in [7, 11) is 0. The minimum atomic E-state index is -0.336. The lowest BCUT2D eigenvalue weighted by Crippen LogP contribution is -2.29. The summed E-state index contributed by atoms with van der Waals surface area (Å²) in [6.07, 6.45) is -0.336. The van der Waals surface area contributed by atoms with Crippen LogP contribution in [-0.4, -0.2) is 27.1 Å². The van der Waals surface area contributed by atoms with E-state index in [0.29, 0.717) is 10.5 Å². The highest BCUT2D eigenvalue weighted by atomic mass is 32.2. The van der Waals surface area contributed by atoms with Crippen molar-refractivity contribution < 1.29 is 5.11 Å². The van der Waals surface area contributed by atoms with E-state index in [4.69, 9.17) is 0 Å². The lowest BCUT2D eigenvalue weighted by Gasteiger charge is -2.32. The average molecular weight is 282 g/mol. The van der Waals surface area contributed by atoms with Gasteiger partial charge >= 0.3 is 0 Å². The predicted octanol–water partition coefficient (Wildman–Crippen LogP) is 3.88. The molecule has 3 atom stereocenters. The van der Waals surface area contributed by atoms with Gasteiger partial charge in [-0.25, -0.2) is 0 Å². The summed E-state index contributed by atoms with van der Waals surface area (Å²) >= 11 is 3.90. The third kappa shape index (κ3) is 2.89. The predicted molar refractivity (Wildman–Crippen MR) is 83.8 cm³/mol. The zero-order valence-electron chi connectivity index (χ0n) is 11.6. The van der Waals surface area contributed by atoms with Crippen LogP contribution in [0.1, 0.15) is 35.3 Å². The molecule has 100 valence electrons. The molecule has 1 N–H and O–H groups in total. The van der Waals surface area contributed by atoms with Crippen molar-refractivity contribution in [3.8, 4) is 0 Å². The third-order valence-electron chi connectivity index (χ3n) is 3.75. The average Bonchev–Trinajstić information content (AvgIpc) is 2.33. The van der Waals surface area contributed by atoms with Crippen LogP contribution in [-0.2, 0) is 0 Å². The van der Waals surface area contributed by atoms with Gasteiger partial charge in [-0.05, 0) is 43.0 Å². The second kappa shape index (κ2) is 5.89. The molecule has 1 aromatic carbocycles. The van der Waals surface area contributed by atoms with E-state index in [0.717, 1.165) is 11.3 Å². The van der Waals surface area contributed by atoms with Gasteiger partial charge in [-0.1, -0.05) is 19.1 Å². The van der Waals surface area contributed by atoms with Gasteiger partial charge in [-0.3, -0.25) is 0 Å². The number of thioether (sulfide) groups is 2. The molecule has 1 aliphatic rings. The van der Waals surface area contributed by atoms with Crippen molar-refractivity contribution in [3.63, 3.8) is 0 Å². The zero-order chi connectivity index (χ0) is 13.3. The number of rotatable bonds is 2. The van der Waals surface area contributed by atoms with Crippen LogP contribution in [0.2, 0.25) is 0 Å². The molecule has 1 aromatic rings. The first-order chi connectivity index (χ1) is 8.50. The molecule has 0 spiro atoms. The van der Waals surface area contributed by atoms with Crippen molar-refractivity contribution in [2.75, 3.05) is 11.5 Å². The Balaban J connectivity index is 2.27. The number of aliphatic hydroxyl groups is 1. The highest BCUT2D eigenvalue weighted by Crippen LogP contribution is 2.39. The van der Waals surface area contributed by atoms with Crippen molar-refractivity contribution in [2.45, 2.75) is 44.3 Å². The van der Waals surface area contributed by atoms with Crippen molar-refractivity contribution in [1.29, 1.82) is 0 Å². The first-order valence-electron chi connectivity index (χ1n) is 6.49. The van der Waals surface area contributed by atoms with Crippen molar-refractivity contribution in [2.24, 2.45) is 0 Å². The molecule has 0 radical (unpaired) electrons. The summed E-state index contributed by atoms with van der Waals surface area (Å²) in [5.41, 5.74) is 4.91. The molecule has 0 saturated carbocycles. The van der Waals surface area contributed by atoms with Crippen LogP contribution in [0.25, 0.3) is 0 Å². The lowest BCUT2D eigenvalue weighted by molar-refractivity contribution is 0.173. The fourth-order valence-electron chi connectivity index (χ4n) is 2.47. The van der Waals surface area contributed by atoms with E-state index in [-0.39, 0.29) is 6.10 Å². The standard InChI is InChI=1S/C15H22OS2/c1-9-7-11(3)13(8-10(9)2)14(16)15-12(4)17-5-6-18-15/h7-8,12,14-16H,5-6H2,1-4H3. The first-order valence-corrected chi connectivity index (χ1v) is 8.59. The van der Waals surface area contributed by atoms with Gasteiger partial charge in [0, 0.05) is 22.0 Å². The zero-order valence-corrected chi connectivity index (χ0v) is 13.2. The summed E-state index contributed by atoms with van der Waals surface area (Å²) < 4.78 is 0. The van der Waals surface area contributed by atoms with Gasteiger partial charge in [0.1, 0.15) is 0 Å². The molecular weight excluding hydrogens is 260 g/mol. The van der Waals surface area contributed by atoms with E-state index < -0.39 is 0 Å². The van der Waals surface area contributed by atoms with Gasteiger partial charge in [0.05, 0.1) is 6.10 Å². The molecule has 0 aliphatic carbocycles. The summed E-state index contributed by atoms with van der Waals surface area (Å²) in [6, 6.07) is 4.36. The molecule has 1 nitrogen and oxygen atoms in total. The van der Waals surface area contributed by atoms with Crippen LogP contribution < -0.4 is 0 Å². The van der Waals surface area contributed by atoms with E-state index in [1.165, 1.54) is 22.4 Å². The van der Waals surface area contributed by atoms with E-state index in [2.05, 4.69) is 39.8 Å². The summed E-state index contributed by atoms with van der Waals surface area (Å²) in [4.78, 5) is 0. The molecular formula is C15H22OS2. The van der Waals surface area contributed by atoms with Gasteiger partial charge in [-0.15, -0.1) is 0 Å². The largest absolute Gasteiger partial charge is 0.387 e. The Hall–Kier alpha value is -0.120. The van der Waals surface area contributed by atoms with Crippen LogP contribution in [0.5, 0.6) is 0 Å². The Labute approximate surface area is 119 Å². The Morgan fingerprint density at radius 1 is 1.06 bits per heavy atom. The van der Waals surface area contributed by atoms with Crippen LogP contribution in [0.3, 0.4) is 0 Å². The van der Waals surface area contributed by atoms with Gasteiger partial charge < -0.3 is 5.11 Å². The molecule has 0 aromatic heterocycles. The molecule has 0 amide bonds. The minimum absolute atomic E-state index is 0.324. The Kier molecular flexibility index (Phi) is 4.68. The van der Waals surface area contributed by atoms with E-state index in [1.54, 1.807) is 0 Å². The quantitative estimate of drug-likeness (QED) is 0.889. The second-order valence-electron chi connectivity index (χ2n) is 5.15. The molecule has 2 rings (SSSR count). The molecule has 1 aliphatic heterocycles. The van der Waals surface area contributed by atoms with Crippen molar-refractivity contribution in [3.05, 3.63) is 34.4 Å². The minimum Gasteiger partial charge on any atom is -0.387 e. The summed E-state index contributed by atoms with van der Waals surface area (Å²) in [5.74, 6) is 2.36. The third-order valence-corrected chi connectivity index (χ3v) is 6.93. The highest BCUT2D eigenvalue weighted by molar-refractivity contribution is 8.07. The normalized spacial score (nSPS) is 26.1. The first kappa shape index (κ1) is 14.3. The van der Waals surface area contributed by atoms with E-state index >= 15 is 0 Å². The van der Waals surface area contributed by atoms with Crippen LogP contribution in [0.4, 0.5) is 0 Å². The second-order valence-corrected chi connectivity index (χ2v) is 7.92. The molecule has 3 unspecified atom stereocenters. The fraction of sp³-hybridized carbons (Fsp3) is 0.600. The lowest BCUT2D eigenvalue weighted by atomic mass is 9.95.